The minimum absolute atomic E-state index is 0.261. The highest BCUT2D eigenvalue weighted by molar-refractivity contribution is 5.81. The summed E-state index contributed by atoms with van der Waals surface area (Å²) in [5, 5.41) is 2.96. The lowest BCUT2D eigenvalue weighted by atomic mass is 10.4. The molecular formula is C8H15NO2. The van der Waals surface area contributed by atoms with Crippen LogP contribution in [0.1, 0.15) is 13.3 Å². The summed E-state index contributed by atoms with van der Waals surface area (Å²) < 4.78 is 4.82. The summed E-state index contributed by atoms with van der Waals surface area (Å²) in [5.74, 6) is -0.261. The molecule has 0 aromatic rings. The third-order valence-corrected chi connectivity index (χ3v) is 1.12. The van der Waals surface area contributed by atoms with Crippen LogP contribution in [0.25, 0.3) is 0 Å². The summed E-state index contributed by atoms with van der Waals surface area (Å²) in [5.41, 5.74) is 0. The number of rotatable bonds is 5. The average Bonchev–Trinajstić information content (AvgIpc) is 1.99. The molecule has 0 aromatic heterocycles. The quantitative estimate of drug-likeness (QED) is 0.363. The van der Waals surface area contributed by atoms with Crippen molar-refractivity contribution in [1.82, 2.24) is 5.32 Å². The Kier molecular flexibility index (Phi) is 6.73. The molecule has 0 radical (unpaired) electrons. The van der Waals surface area contributed by atoms with Crippen LogP contribution >= 0.6 is 0 Å². The first-order valence-electron chi connectivity index (χ1n) is 3.75. The number of carbonyl (C=O) groups is 1. The van der Waals surface area contributed by atoms with Gasteiger partial charge in [-0.2, -0.15) is 0 Å². The molecule has 0 atom stereocenters. The summed E-state index contributed by atoms with van der Waals surface area (Å²) in [6.07, 6.45) is 3.94. The van der Waals surface area contributed by atoms with Crippen molar-refractivity contribution in [3.8, 4) is 0 Å². The molecule has 11 heavy (non-hydrogen) atoms. The molecule has 0 unspecified atom stereocenters. The fourth-order valence-electron chi connectivity index (χ4n) is 0.606. The van der Waals surface area contributed by atoms with E-state index < -0.39 is 0 Å². The molecule has 0 spiro atoms. The van der Waals surface area contributed by atoms with E-state index in [2.05, 4.69) is 5.32 Å². The van der Waals surface area contributed by atoms with Crippen molar-refractivity contribution < 1.29 is 9.53 Å². The van der Waals surface area contributed by atoms with Crippen molar-refractivity contribution in [2.24, 2.45) is 0 Å². The Bertz CT molecular complexity index is 132. The van der Waals surface area contributed by atoms with Gasteiger partial charge in [0.05, 0.1) is 6.61 Å². The van der Waals surface area contributed by atoms with Crippen LogP contribution in [0.15, 0.2) is 12.2 Å². The number of hydrogen-bond donors (Lipinski definition) is 1. The average molecular weight is 157 g/mol. The molecular weight excluding hydrogens is 142 g/mol. The molecule has 0 aliphatic carbocycles. The third kappa shape index (κ3) is 7.06. The van der Waals surface area contributed by atoms with Gasteiger partial charge < -0.3 is 10.1 Å². The first kappa shape index (κ1) is 10.2. The SMILES string of the molecule is C/C=C/C(=O)OCCCNC. The summed E-state index contributed by atoms with van der Waals surface area (Å²) in [7, 11) is 1.87. The fraction of sp³-hybridized carbons (Fsp3) is 0.625. The van der Waals surface area contributed by atoms with Crippen molar-refractivity contribution in [2.75, 3.05) is 20.2 Å². The topological polar surface area (TPSA) is 38.3 Å². The van der Waals surface area contributed by atoms with Crippen LogP contribution in [0.4, 0.5) is 0 Å². The van der Waals surface area contributed by atoms with Crippen molar-refractivity contribution in [2.45, 2.75) is 13.3 Å². The summed E-state index contributed by atoms with van der Waals surface area (Å²) in [6, 6.07) is 0. The normalized spacial score (nSPS) is 10.4. The molecule has 0 saturated carbocycles. The van der Waals surface area contributed by atoms with Crippen molar-refractivity contribution in [3.05, 3.63) is 12.2 Å². The van der Waals surface area contributed by atoms with Crippen LogP contribution in [-0.4, -0.2) is 26.2 Å². The summed E-state index contributed by atoms with van der Waals surface area (Å²) in [4.78, 5) is 10.7. The third-order valence-electron chi connectivity index (χ3n) is 1.12. The van der Waals surface area contributed by atoms with Gasteiger partial charge in [0.15, 0.2) is 0 Å². The van der Waals surface area contributed by atoms with E-state index in [0.29, 0.717) is 6.61 Å². The van der Waals surface area contributed by atoms with Crippen molar-refractivity contribution >= 4 is 5.97 Å². The zero-order valence-corrected chi connectivity index (χ0v) is 7.09. The van der Waals surface area contributed by atoms with E-state index in [1.54, 1.807) is 13.0 Å². The molecule has 1 N–H and O–H groups in total. The molecule has 0 fully saturated rings. The lowest BCUT2D eigenvalue weighted by Crippen LogP contribution is -2.11. The van der Waals surface area contributed by atoms with Crippen LogP contribution in [0.3, 0.4) is 0 Å². The van der Waals surface area contributed by atoms with Crippen LogP contribution < -0.4 is 5.32 Å². The van der Waals surface area contributed by atoms with Gasteiger partial charge in [-0.05, 0) is 26.9 Å². The molecule has 0 heterocycles. The fourth-order valence-corrected chi connectivity index (χ4v) is 0.606. The molecule has 0 bridgehead atoms. The molecule has 3 heteroatoms. The van der Waals surface area contributed by atoms with Gasteiger partial charge in [0.25, 0.3) is 0 Å². The van der Waals surface area contributed by atoms with E-state index in [-0.39, 0.29) is 5.97 Å². The highest BCUT2D eigenvalue weighted by atomic mass is 16.5. The highest BCUT2D eigenvalue weighted by Gasteiger charge is 1.93. The Morgan fingerprint density at radius 1 is 1.64 bits per heavy atom. The predicted molar refractivity (Wildman–Crippen MR) is 44.3 cm³/mol. The van der Waals surface area contributed by atoms with Crippen LogP contribution in [-0.2, 0) is 9.53 Å². The van der Waals surface area contributed by atoms with Crippen molar-refractivity contribution in [1.29, 1.82) is 0 Å². The Hall–Kier alpha value is -0.830. The van der Waals surface area contributed by atoms with E-state index in [1.807, 2.05) is 7.05 Å². The second-order valence-electron chi connectivity index (χ2n) is 2.12. The van der Waals surface area contributed by atoms with E-state index in [1.165, 1.54) is 6.08 Å². The minimum atomic E-state index is -0.261. The van der Waals surface area contributed by atoms with E-state index in [9.17, 15) is 4.79 Å². The second-order valence-corrected chi connectivity index (χ2v) is 2.12. The van der Waals surface area contributed by atoms with Crippen LogP contribution in [0.2, 0.25) is 0 Å². The number of hydrogen-bond acceptors (Lipinski definition) is 3. The van der Waals surface area contributed by atoms with Gasteiger partial charge in [0.2, 0.25) is 0 Å². The monoisotopic (exact) mass is 157 g/mol. The molecule has 0 saturated heterocycles. The van der Waals surface area contributed by atoms with Gasteiger partial charge in [0.1, 0.15) is 0 Å². The van der Waals surface area contributed by atoms with E-state index in [4.69, 9.17) is 4.74 Å². The largest absolute Gasteiger partial charge is 0.462 e. The van der Waals surface area contributed by atoms with Crippen LogP contribution in [0.5, 0.6) is 0 Å². The molecule has 0 amide bonds. The lowest BCUT2D eigenvalue weighted by molar-refractivity contribution is -0.137. The molecule has 0 aliphatic heterocycles. The van der Waals surface area contributed by atoms with Gasteiger partial charge in [0, 0.05) is 6.08 Å². The van der Waals surface area contributed by atoms with Crippen LogP contribution in [0, 0.1) is 0 Å². The van der Waals surface area contributed by atoms with Gasteiger partial charge >= 0.3 is 5.97 Å². The standard InChI is InChI=1S/C8H15NO2/c1-3-5-8(10)11-7-4-6-9-2/h3,5,9H,4,6-7H2,1-2H3/b5-3+. The number of allylic oxidation sites excluding steroid dienone is 1. The van der Waals surface area contributed by atoms with Gasteiger partial charge in [-0.15, -0.1) is 0 Å². The zero-order valence-electron chi connectivity index (χ0n) is 7.09. The molecule has 3 nitrogen and oxygen atoms in total. The first-order valence-corrected chi connectivity index (χ1v) is 3.75. The maximum Gasteiger partial charge on any atom is 0.330 e. The Labute approximate surface area is 67.4 Å². The highest BCUT2D eigenvalue weighted by Crippen LogP contribution is 1.84. The minimum Gasteiger partial charge on any atom is -0.462 e. The summed E-state index contributed by atoms with van der Waals surface area (Å²) >= 11 is 0. The number of esters is 1. The van der Waals surface area contributed by atoms with E-state index >= 15 is 0 Å². The zero-order chi connectivity index (χ0) is 8.53. The van der Waals surface area contributed by atoms with Gasteiger partial charge in [-0.1, -0.05) is 6.08 Å². The Balaban J connectivity index is 3.17. The number of ether oxygens (including phenoxy) is 1. The molecule has 0 rings (SSSR count). The smallest absolute Gasteiger partial charge is 0.330 e. The maximum absolute atomic E-state index is 10.7. The number of carbonyl (C=O) groups excluding carboxylic acids is 1. The number of nitrogens with one attached hydrogen (secondary N) is 1. The molecule has 64 valence electrons. The Morgan fingerprint density at radius 2 is 2.36 bits per heavy atom. The lowest BCUT2D eigenvalue weighted by Gasteiger charge is -2.00. The van der Waals surface area contributed by atoms with E-state index in [0.717, 1.165) is 13.0 Å². The second kappa shape index (κ2) is 7.28. The predicted octanol–water partition coefficient (Wildman–Crippen LogP) is 0.715. The molecule has 0 aliphatic rings. The summed E-state index contributed by atoms with van der Waals surface area (Å²) in [6.45, 7) is 3.15. The Morgan fingerprint density at radius 3 is 2.91 bits per heavy atom. The molecule has 0 aromatic carbocycles. The first-order chi connectivity index (χ1) is 5.31. The van der Waals surface area contributed by atoms with Gasteiger partial charge in [-0.3, -0.25) is 0 Å². The maximum atomic E-state index is 10.7. The van der Waals surface area contributed by atoms with Gasteiger partial charge in [-0.25, -0.2) is 4.79 Å². The van der Waals surface area contributed by atoms with Crippen molar-refractivity contribution in [3.63, 3.8) is 0 Å².